The number of aryl methyl sites for hydroxylation is 1. The molecule has 3 aromatic rings. The number of benzene rings is 2. The van der Waals surface area contributed by atoms with Crippen molar-refractivity contribution in [2.75, 3.05) is 26.7 Å². The molecule has 6 heteroatoms. The second kappa shape index (κ2) is 10.3. The van der Waals surface area contributed by atoms with Gasteiger partial charge in [0.25, 0.3) is 0 Å². The maximum absolute atomic E-state index is 13.1. The van der Waals surface area contributed by atoms with Gasteiger partial charge in [-0.1, -0.05) is 36.4 Å². The number of nitrogens with zero attached hydrogens (tertiary/aromatic N) is 2. The summed E-state index contributed by atoms with van der Waals surface area (Å²) in [6.07, 6.45) is 4.41. The number of carbonyl (C=O) groups excluding carboxylic acids is 2. The van der Waals surface area contributed by atoms with Gasteiger partial charge in [-0.2, -0.15) is 0 Å². The Morgan fingerprint density at radius 3 is 2.70 bits per heavy atom. The van der Waals surface area contributed by atoms with Gasteiger partial charge in [0, 0.05) is 32.0 Å². The average Bonchev–Trinajstić information content (AvgIpc) is 3.01. The molecule has 1 aliphatic heterocycles. The van der Waals surface area contributed by atoms with Crippen molar-refractivity contribution in [2.24, 2.45) is 5.92 Å². The van der Waals surface area contributed by atoms with Crippen LogP contribution in [0.15, 0.2) is 67.0 Å². The van der Waals surface area contributed by atoms with E-state index in [2.05, 4.69) is 22.4 Å². The minimum absolute atomic E-state index is 0.00452. The van der Waals surface area contributed by atoms with Gasteiger partial charge < -0.3 is 15.0 Å². The van der Waals surface area contributed by atoms with Crippen molar-refractivity contribution in [3.8, 4) is 16.9 Å². The number of hydrogen-bond donors (Lipinski definition) is 1. The Labute approximate surface area is 194 Å². The first-order valence-corrected chi connectivity index (χ1v) is 11.2. The van der Waals surface area contributed by atoms with Crippen LogP contribution in [0.1, 0.15) is 16.7 Å². The van der Waals surface area contributed by atoms with Crippen LogP contribution in [0.2, 0.25) is 0 Å². The summed E-state index contributed by atoms with van der Waals surface area (Å²) in [6.45, 7) is 3.36. The molecule has 1 fully saturated rings. The molecule has 2 heterocycles. The molecule has 1 N–H and O–H groups in total. The lowest BCUT2D eigenvalue weighted by Gasteiger charge is -2.24. The van der Waals surface area contributed by atoms with E-state index in [1.165, 1.54) is 0 Å². The van der Waals surface area contributed by atoms with Crippen LogP contribution >= 0.6 is 0 Å². The van der Waals surface area contributed by atoms with E-state index in [4.69, 9.17) is 4.74 Å². The fraction of sp³-hybridized carbons (Fsp3) is 0.296. The molecule has 0 spiro atoms. The van der Waals surface area contributed by atoms with Crippen LogP contribution in [0.5, 0.6) is 5.75 Å². The zero-order chi connectivity index (χ0) is 23.2. The number of rotatable bonds is 6. The van der Waals surface area contributed by atoms with Crippen LogP contribution in [-0.4, -0.2) is 48.4 Å². The van der Waals surface area contributed by atoms with Crippen LogP contribution in [0.25, 0.3) is 11.1 Å². The molecule has 1 atom stereocenters. The minimum Gasteiger partial charge on any atom is -0.496 e. The van der Waals surface area contributed by atoms with Gasteiger partial charge in [-0.05, 0) is 59.4 Å². The largest absolute Gasteiger partial charge is 0.496 e. The van der Waals surface area contributed by atoms with Gasteiger partial charge in [-0.3, -0.25) is 14.6 Å². The number of carbonyl (C=O) groups is 2. The summed E-state index contributed by atoms with van der Waals surface area (Å²) in [4.78, 5) is 31.9. The molecule has 0 radical (unpaired) electrons. The molecule has 1 aromatic heterocycles. The Kier molecular flexibility index (Phi) is 7.03. The molecule has 6 nitrogen and oxygen atoms in total. The molecule has 170 valence electrons. The number of amides is 2. The fourth-order valence-electron chi connectivity index (χ4n) is 4.40. The number of methoxy groups -OCH3 is 1. The van der Waals surface area contributed by atoms with Gasteiger partial charge in [0.2, 0.25) is 11.8 Å². The SMILES string of the molecule is COc1ccc(CC(=O)N2CCNC(=O)[C@H](Cc3ccccc3-c3ccncc3)C2)cc1C. The van der Waals surface area contributed by atoms with Crippen LogP contribution in [-0.2, 0) is 22.4 Å². The Balaban J connectivity index is 1.50. The quantitative estimate of drug-likeness (QED) is 0.634. The van der Waals surface area contributed by atoms with E-state index in [9.17, 15) is 9.59 Å². The first-order valence-electron chi connectivity index (χ1n) is 11.2. The topological polar surface area (TPSA) is 71.5 Å². The highest BCUT2D eigenvalue weighted by atomic mass is 16.5. The third kappa shape index (κ3) is 5.40. The highest BCUT2D eigenvalue weighted by molar-refractivity contribution is 5.83. The summed E-state index contributed by atoms with van der Waals surface area (Å²) >= 11 is 0. The lowest BCUT2D eigenvalue weighted by molar-refractivity contribution is -0.131. The van der Waals surface area contributed by atoms with Crippen molar-refractivity contribution in [1.29, 1.82) is 0 Å². The number of pyridine rings is 1. The number of ether oxygens (including phenoxy) is 1. The van der Waals surface area contributed by atoms with Crippen molar-refractivity contribution >= 4 is 11.8 Å². The molecule has 0 bridgehead atoms. The number of hydrogen-bond acceptors (Lipinski definition) is 4. The standard InChI is InChI=1S/C27H29N3O3/c1-19-15-20(7-8-25(19)33-2)16-26(31)30-14-13-29-27(32)23(18-30)17-22-5-3-4-6-24(22)21-9-11-28-12-10-21/h3-12,15,23H,13-14,16-18H2,1-2H3,(H,29,32)/t23-/m1/s1. The number of aromatic nitrogens is 1. The summed E-state index contributed by atoms with van der Waals surface area (Å²) in [6, 6.07) is 17.9. The van der Waals surface area contributed by atoms with E-state index in [0.29, 0.717) is 32.5 Å². The summed E-state index contributed by atoms with van der Waals surface area (Å²) < 4.78 is 5.32. The lowest BCUT2D eigenvalue weighted by Crippen LogP contribution is -2.38. The predicted octanol–water partition coefficient (Wildman–Crippen LogP) is 3.43. The van der Waals surface area contributed by atoms with E-state index in [-0.39, 0.29) is 17.7 Å². The molecule has 2 aromatic carbocycles. The molecule has 33 heavy (non-hydrogen) atoms. The van der Waals surface area contributed by atoms with E-state index in [1.807, 2.05) is 54.3 Å². The maximum Gasteiger partial charge on any atom is 0.227 e. The average molecular weight is 444 g/mol. The monoisotopic (exact) mass is 443 g/mol. The molecular weight excluding hydrogens is 414 g/mol. The van der Waals surface area contributed by atoms with Gasteiger partial charge in [0.1, 0.15) is 5.75 Å². The first-order chi connectivity index (χ1) is 16.0. The van der Waals surface area contributed by atoms with Gasteiger partial charge in [-0.25, -0.2) is 0 Å². The molecule has 2 amide bonds. The lowest BCUT2D eigenvalue weighted by atomic mass is 9.91. The number of nitrogens with one attached hydrogen (secondary N) is 1. The highest BCUT2D eigenvalue weighted by Crippen LogP contribution is 2.26. The zero-order valence-electron chi connectivity index (χ0n) is 19.1. The summed E-state index contributed by atoms with van der Waals surface area (Å²) in [5.41, 5.74) is 5.19. The molecule has 0 unspecified atom stereocenters. The normalized spacial score (nSPS) is 16.1. The third-order valence-electron chi connectivity index (χ3n) is 6.13. The Morgan fingerprint density at radius 2 is 1.94 bits per heavy atom. The Morgan fingerprint density at radius 1 is 1.15 bits per heavy atom. The molecule has 0 saturated carbocycles. The summed E-state index contributed by atoms with van der Waals surface area (Å²) in [5, 5.41) is 2.99. The van der Waals surface area contributed by atoms with Gasteiger partial charge in [0.15, 0.2) is 0 Å². The summed E-state index contributed by atoms with van der Waals surface area (Å²) in [7, 11) is 1.64. The maximum atomic E-state index is 13.1. The summed E-state index contributed by atoms with van der Waals surface area (Å²) in [5.74, 6) is 0.527. The van der Waals surface area contributed by atoms with Crippen molar-refractivity contribution in [1.82, 2.24) is 15.2 Å². The molecule has 1 saturated heterocycles. The minimum atomic E-state index is -0.308. The van der Waals surface area contributed by atoms with Gasteiger partial charge >= 0.3 is 0 Å². The van der Waals surface area contributed by atoms with E-state index in [0.717, 1.165) is 33.6 Å². The fourth-order valence-corrected chi connectivity index (χ4v) is 4.40. The second-order valence-corrected chi connectivity index (χ2v) is 8.41. The van der Waals surface area contributed by atoms with E-state index in [1.54, 1.807) is 19.5 Å². The molecule has 0 aliphatic carbocycles. The van der Waals surface area contributed by atoms with Crippen molar-refractivity contribution in [3.05, 3.63) is 83.7 Å². The van der Waals surface area contributed by atoms with E-state index >= 15 is 0 Å². The van der Waals surface area contributed by atoms with Gasteiger partial charge in [0.05, 0.1) is 19.4 Å². The Hall–Kier alpha value is -3.67. The first kappa shape index (κ1) is 22.5. The second-order valence-electron chi connectivity index (χ2n) is 8.41. The highest BCUT2D eigenvalue weighted by Gasteiger charge is 2.28. The van der Waals surface area contributed by atoms with Crippen LogP contribution < -0.4 is 10.1 Å². The van der Waals surface area contributed by atoms with Crippen LogP contribution in [0.3, 0.4) is 0 Å². The molecule has 1 aliphatic rings. The molecular formula is C27H29N3O3. The predicted molar refractivity (Wildman–Crippen MR) is 128 cm³/mol. The van der Waals surface area contributed by atoms with E-state index < -0.39 is 0 Å². The molecule has 4 rings (SSSR count). The van der Waals surface area contributed by atoms with Crippen LogP contribution in [0.4, 0.5) is 0 Å². The van der Waals surface area contributed by atoms with Crippen molar-refractivity contribution in [3.63, 3.8) is 0 Å². The third-order valence-corrected chi connectivity index (χ3v) is 6.13. The Bertz CT molecular complexity index is 1130. The van der Waals surface area contributed by atoms with Crippen LogP contribution in [0, 0.1) is 12.8 Å². The van der Waals surface area contributed by atoms with Crippen molar-refractivity contribution < 1.29 is 14.3 Å². The van der Waals surface area contributed by atoms with Crippen molar-refractivity contribution in [2.45, 2.75) is 19.8 Å². The van der Waals surface area contributed by atoms with Gasteiger partial charge in [-0.15, -0.1) is 0 Å². The zero-order valence-corrected chi connectivity index (χ0v) is 19.1. The smallest absolute Gasteiger partial charge is 0.227 e.